The maximum Gasteiger partial charge on any atom is 0.253 e. The van der Waals surface area contributed by atoms with Gasteiger partial charge >= 0.3 is 0 Å². The van der Waals surface area contributed by atoms with E-state index in [-0.39, 0.29) is 23.9 Å². The average Bonchev–Trinajstić information content (AvgIpc) is 2.39. The van der Waals surface area contributed by atoms with E-state index in [2.05, 4.69) is 22.4 Å². The van der Waals surface area contributed by atoms with Crippen molar-refractivity contribution in [3.63, 3.8) is 0 Å². The Kier molecular flexibility index (Phi) is 5.71. The van der Waals surface area contributed by atoms with Crippen LogP contribution in [0.15, 0.2) is 54.9 Å². The summed E-state index contributed by atoms with van der Waals surface area (Å²) in [6.45, 7) is 4.04. The zero-order valence-electron chi connectivity index (χ0n) is 11.7. The first-order chi connectivity index (χ1) is 9.07. The van der Waals surface area contributed by atoms with Crippen molar-refractivity contribution in [3.8, 4) is 0 Å². The summed E-state index contributed by atoms with van der Waals surface area (Å²) in [7, 11) is 0. The summed E-state index contributed by atoms with van der Waals surface area (Å²) >= 11 is 0. The molecule has 0 aliphatic rings. The minimum Gasteiger partial charge on any atom is -0.347 e. The van der Waals surface area contributed by atoms with E-state index in [1.54, 1.807) is 24.5 Å². The fourth-order valence-corrected chi connectivity index (χ4v) is 2.03. The molecular formula is C16H19ClN2O. The smallest absolute Gasteiger partial charge is 0.253 e. The van der Waals surface area contributed by atoms with Gasteiger partial charge in [-0.25, -0.2) is 0 Å². The second kappa shape index (κ2) is 7.06. The van der Waals surface area contributed by atoms with E-state index in [1.807, 2.05) is 32.0 Å². The lowest BCUT2D eigenvalue weighted by atomic mass is 9.94. The number of carbonyl (C=O) groups excluding carboxylic acids is 1. The molecule has 2 aromatic rings. The van der Waals surface area contributed by atoms with Crippen molar-refractivity contribution in [2.45, 2.75) is 25.8 Å². The fraction of sp³-hybridized carbons (Fsp3) is 0.250. The van der Waals surface area contributed by atoms with Crippen LogP contribution in [0.25, 0.3) is 0 Å². The third-order valence-electron chi connectivity index (χ3n) is 2.86. The molecule has 0 aliphatic heterocycles. The number of benzene rings is 1. The van der Waals surface area contributed by atoms with Gasteiger partial charge < -0.3 is 5.32 Å². The van der Waals surface area contributed by atoms with Gasteiger partial charge in [-0.1, -0.05) is 30.3 Å². The number of nitrogens with zero attached hydrogens (tertiary/aromatic N) is 1. The number of pyridine rings is 1. The minimum atomic E-state index is -0.297. The third-order valence-corrected chi connectivity index (χ3v) is 2.86. The molecule has 3 nitrogen and oxygen atoms in total. The number of hydrogen-bond donors (Lipinski definition) is 1. The lowest BCUT2D eigenvalue weighted by Gasteiger charge is -2.26. The Bertz CT molecular complexity index is 541. The second-order valence-corrected chi connectivity index (χ2v) is 5.24. The van der Waals surface area contributed by atoms with Gasteiger partial charge in [0.25, 0.3) is 5.91 Å². The summed E-state index contributed by atoms with van der Waals surface area (Å²) in [5.74, 6) is -0.0889. The van der Waals surface area contributed by atoms with E-state index in [0.29, 0.717) is 5.56 Å². The van der Waals surface area contributed by atoms with E-state index in [4.69, 9.17) is 0 Å². The van der Waals surface area contributed by atoms with Crippen molar-refractivity contribution in [1.29, 1.82) is 0 Å². The zero-order valence-corrected chi connectivity index (χ0v) is 12.5. The molecule has 1 N–H and O–H groups in total. The van der Waals surface area contributed by atoms with Crippen LogP contribution in [0.3, 0.4) is 0 Å². The van der Waals surface area contributed by atoms with Crippen LogP contribution in [0, 0.1) is 0 Å². The Morgan fingerprint density at radius 3 is 2.45 bits per heavy atom. The van der Waals surface area contributed by atoms with E-state index >= 15 is 0 Å². The lowest BCUT2D eigenvalue weighted by molar-refractivity contribution is 0.0912. The van der Waals surface area contributed by atoms with Gasteiger partial charge in [0.1, 0.15) is 0 Å². The van der Waals surface area contributed by atoms with Crippen LogP contribution in [0.2, 0.25) is 0 Å². The highest BCUT2D eigenvalue weighted by molar-refractivity contribution is 5.94. The van der Waals surface area contributed by atoms with Gasteiger partial charge in [-0.3, -0.25) is 9.78 Å². The first-order valence-corrected chi connectivity index (χ1v) is 6.33. The number of amides is 1. The molecule has 1 amide bonds. The summed E-state index contributed by atoms with van der Waals surface area (Å²) in [6, 6.07) is 13.7. The fourth-order valence-electron chi connectivity index (χ4n) is 2.03. The molecule has 0 saturated carbocycles. The maximum atomic E-state index is 12.1. The minimum absolute atomic E-state index is 0. The highest BCUT2D eigenvalue weighted by Gasteiger charge is 2.21. The molecule has 4 heteroatoms. The summed E-state index contributed by atoms with van der Waals surface area (Å²) in [5.41, 5.74) is 1.50. The van der Waals surface area contributed by atoms with Crippen molar-refractivity contribution >= 4 is 18.3 Å². The molecule has 106 valence electrons. The number of halogens is 1. The molecule has 0 atom stereocenters. The van der Waals surface area contributed by atoms with E-state index in [0.717, 1.165) is 6.42 Å². The average molecular weight is 291 g/mol. The summed E-state index contributed by atoms with van der Waals surface area (Å²) in [6.07, 6.45) is 4.03. The summed E-state index contributed by atoms with van der Waals surface area (Å²) in [4.78, 5) is 16.1. The van der Waals surface area contributed by atoms with Gasteiger partial charge in [-0.15, -0.1) is 12.4 Å². The first-order valence-electron chi connectivity index (χ1n) is 6.33. The van der Waals surface area contributed by atoms with E-state index in [9.17, 15) is 4.79 Å². The van der Waals surface area contributed by atoms with Gasteiger partial charge in [0.15, 0.2) is 0 Å². The first kappa shape index (κ1) is 16.2. The van der Waals surface area contributed by atoms with Gasteiger partial charge in [-0.05, 0) is 38.0 Å². The summed E-state index contributed by atoms with van der Waals surface area (Å²) in [5, 5.41) is 3.04. The molecule has 0 radical (unpaired) electrons. The van der Waals surface area contributed by atoms with E-state index < -0.39 is 0 Å². The molecule has 0 fully saturated rings. The number of carbonyl (C=O) groups is 1. The maximum absolute atomic E-state index is 12.1. The quantitative estimate of drug-likeness (QED) is 0.939. The molecule has 0 aliphatic carbocycles. The van der Waals surface area contributed by atoms with Crippen LogP contribution >= 0.6 is 12.4 Å². The molecule has 0 bridgehead atoms. The van der Waals surface area contributed by atoms with E-state index in [1.165, 1.54) is 5.56 Å². The van der Waals surface area contributed by atoms with Crippen LogP contribution in [0.5, 0.6) is 0 Å². The lowest BCUT2D eigenvalue weighted by Crippen LogP contribution is -2.45. The molecule has 0 unspecified atom stereocenters. The van der Waals surface area contributed by atoms with Crippen molar-refractivity contribution in [2.75, 3.05) is 0 Å². The van der Waals surface area contributed by atoms with Crippen LogP contribution in [0.4, 0.5) is 0 Å². The zero-order chi connectivity index (χ0) is 13.7. The Morgan fingerprint density at radius 1 is 1.15 bits per heavy atom. The molecule has 2 rings (SSSR count). The molecular weight excluding hydrogens is 272 g/mol. The number of rotatable bonds is 4. The van der Waals surface area contributed by atoms with Gasteiger partial charge in [0.05, 0.1) is 5.56 Å². The van der Waals surface area contributed by atoms with Gasteiger partial charge in [-0.2, -0.15) is 0 Å². The monoisotopic (exact) mass is 290 g/mol. The molecule has 0 spiro atoms. The van der Waals surface area contributed by atoms with Crippen LogP contribution in [-0.4, -0.2) is 16.4 Å². The van der Waals surface area contributed by atoms with Gasteiger partial charge in [0, 0.05) is 17.9 Å². The molecule has 0 saturated heterocycles. The number of hydrogen-bond acceptors (Lipinski definition) is 2. The van der Waals surface area contributed by atoms with Crippen molar-refractivity contribution < 1.29 is 4.79 Å². The van der Waals surface area contributed by atoms with Crippen molar-refractivity contribution in [3.05, 3.63) is 66.0 Å². The van der Waals surface area contributed by atoms with Crippen LogP contribution in [0.1, 0.15) is 29.8 Å². The normalized spacial score (nSPS) is 10.5. The van der Waals surface area contributed by atoms with Crippen molar-refractivity contribution in [2.24, 2.45) is 0 Å². The van der Waals surface area contributed by atoms with Crippen molar-refractivity contribution in [1.82, 2.24) is 10.3 Å². The van der Waals surface area contributed by atoms with Crippen LogP contribution in [-0.2, 0) is 6.42 Å². The SMILES string of the molecule is CC(C)(Cc1ccccc1)NC(=O)c1cccnc1.Cl. The largest absolute Gasteiger partial charge is 0.347 e. The van der Waals surface area contributed by atoms with Gasteiger partial charge in [0.2, 0.25) is 0 Å². The predicted octanol–water partition coefficient (Wildman–Crippen LogP) is 3.25. The third kappa shape index (κ3) is 4.67. The predicted molar refractivity (Wildman–Crippen MR) is 83.2 cm³/mol. The standard InChI is InChI=1S/C16H18N2O.ClH/c1-16(2,11-13-7-4-3-5-8-13)18-15(19)14-9-6-10-17-12-14;/h3-10,12H,11H2,1-2H3,(H,18,19);1H. The Hall–Kier alpha value is -1.87. The molecule has 1 aromatic carbocycles. The molecule has 20 heavy (non-hydrogen) atoms. The summed E-state index contributed by atoms with van der Waals surface area (Å²) < 4.78 is 0. The highest BCUT2D eigenvalue weighted by Crippen LogP contribution is 2.13. The number of aromatic nitrogens is 1. The Balaban J connectivity index is 0.00000200. The number of nitrogens with one attached hydrogen (secondary N) is 1. The Morgan fingerprint density at radius 2 is 1.85 bits per heavy atom. The topological polar surface area (TPSA) is 42.0 Å². The highest BCUT2D eigenvalue weighted by atomic mass is 35.5. The molecule has 1 aromatic heterocycles. The Labute approximate surface area is 125 Å². The second-order valence-electron chi connectivity index (χ2n) is 5.24. The molecule has 1 heterocycles. The van der Waals surface area contributed by atoms with Crippen LogP contribution < -0.4 is 5.32 Å².